The van der Waals surface area contributed by atoms with Crippen LogP contribution < -0.4 is 0 Å². The molecule has 0 bridgehead atoms. The molecule has 2 aromatic carbocycles. The monoisotopic (exact) mass is 434 g/mol. The number of halogens is 1. The van der Waals surface area contributed by atoms with E-state index in [4.69, 9.17) is 16.7 Å². The summed E-state index contributed by atoms with van der Waals surface area (Å²) in [7, 11) is 1.84. The van der Waals surface area contributed by atoms with E-state index in [1.54, 1.807) is 11.8 Å². The zero-order chi connectivity index (χ0) is 21.2. The van der Waals surface area contributed by atoms with Crippen molar-refractivity contribution in [3.05, 3.63) is 41.4 Å². The fourth-order valence-corrected chi connectivity index (χ4v) is 4.90. The molecule has 1 aliphatic heterocycles. The lowest BCUT2D eigenvalue weighted by Crippen LogP contribution is -2.50. The summed E-state index contributed by atoms with van der Waals surface area (Å²) >= 11 is 7.73. The summed E-state index contributed by atoms with van der Waals surface area (Å²) in [4.78, 5) is 28.6. The van der Waals surface area contributed by atoms with Crippen LogP contribution in [0.2, 0.25) is 5.02 Å². The van der Waals surface area contributed by atoms with Crippen molar-refractivity contribution in [3.63, 3.8) is 0 Å². The molecule has 5 nitrogen and oxygen atoms in total. The van der Waals surface area contributed by atoms with E-state index in [0.717, 1.165) is 20.7 Å². The SMILES string of the molecule is CN(C(=O)C(C)(C)CSc1ccc2cc(Cl)ccc2c1)C1CCN(C(=O)O)CC1. The van der Waals surface area contributed by atoms with Gasteiger partial charge >= 0.3 is 6.09 Å². The van der Waals surface area contributed by atoms with Crippen molar-refractivity contribution in [1.82, 2.24) is 9.80 Å². The molecule has 0 aliphatic carbocycles. The Bertz CT molecular complexity index is 910. The van der Waals surface area contributed by atoms with Crippen LogP contribution in [0.5, 0.6) is 0 Å². The molecule has 0 atom stereocenters. The molecule has 7 heteroatoms. The Labute approximate surface area is 181 Å². The van der Waals surface area contributed by atoms with Crippen LogP contribution in [-0.4, -0.2) is 58.8 Å². The lowest BCUT2D eigenvalue weighted by Gasteiger charge is -2.39. The molecule has 1 N–H and O–H groups in total. The summed E-state index contributed by atoms with van der Waals surface area (Å²) in [6.45, 7) is 4.92. The van der Waals surface area contributed by atoms with Crippen molar-refractivity contribution < 1.29 is 14.7 Å². The Hall–Kier alpha value is -1.92. The number of thioether (sulfide) groups is 1. The van der Waals surface area contributed by atoms with Gasteiger partial charge in [0.2, 0.25) is 5.91 Å². The largest absolute Gasteiger partial charge is 0.465 e. The predicted octanol–water partition coefficient (Wildman–Crippen LogP) is 5.21. The number of carbonyl (C=O) groups is 2. The van der Waals surface area contributed by atoms with Gasteiger partial charge in [0.25, 0.3) is 0 Å². The zero-order valence-electron chi connectivity index (χ0n) is 17.0. The van der Waals surface area contributed by atoms with Gasteiger partial charge in [-0.15, -0.1) is 11.8 Å². The molecule has 29 heavy (non-hydrogen) atoms. The lowest BCUT2D eigenvalue weighted by atomic mass is 9.92. The van der Waals surface area contributed by atoms with E-state index in [2.05, 4.69) is 18.2 Å². The van der Waals surface area contributed by atoms with Gasteiger partial charge in [-0.2, -0.15) is 0 Å². The van der Waals surface area contributed by atoms with E-state index in [9.17, 15) is 9.59 Å². The van der Waals surface area contributed by atoms with Crippen LogP contribution in [0.15, 0.2) is 41.3 Å². The molecule has 3 rings (SSSR count). The summed E-state index contributed by atoms with van der Waals surface area (Å²) in [5.74, 6) is 0.773. The third kappa shape index (κ3) is 5.17. The van der Waals surface area contributed by atoms with Crippen molar-refractivity contribution in [3.8, 4) is 0 Å². The van der Waals surface area contributed by atoms with Crippen LogP contribution in [-0.2, 0) is 4.79 Å². The molecular formula is C22H27ClN2O3S. The fraction of sp³-hybridized carbons (Fsp3) is 0.455. The highest BCUT2D eigenvalue weighted by Crippen LogP contribution is 2.32. The normalized spacial score (nSPS) is 15.5. The Morgan fingerprint density at radius 2 is 1.79 bits per heavy atom. The number of amides is 2. The van der Waals surface area contributed by atoms with Crippen LogP contribution in [0.4, 0.5) is 4.79 Å². The first-order chi connectivity index (χ1) is 13.7. The van der Waals surface area contributed by atoms with Gasteiger partial charge in [-0.3, -0.25) is 4.79 Å². The molecule has 0 spiro atoms. The van der Waals surface area contributed by atoms with Gasteiger partial charge in [0.15, 0.2) is 0 Å². The summed E-state index contributed by atoms with van der Waals surface area (Å²) in [6, 6.07) is 12.2. The molecule has 0 radical (unpaired) electrons. The standard InChI is InChI=1S/C22H27ClN2O3S/c1-22(2,20(26)24(3)18-8-10-25(11-9-18)21(27)28)14-29-19-7-5-15-12-17(23)6-4-16(15)13-19/h4-7,12-13,18H,8-11,14H2,1-3H3,(H,27,28). The molecule has 1 aliphatic rings. The first-order valence-electron chi connectivity index (χ1n) is 9.74. The minimum Gasteiger partial charge on any atom is -0.465 e. The van der Waals surface area contributed by atoms with Crippen LogP contribution in [0, 0.1) is 5.41 Å². The smallest absolute Gasteiger partial charge is 0.407 e. The van der Waals surface area contributed by atoms with Gasteiger partial charge in [0.05, 0.1) is 5.41 Å². The molecule has 156 valence electrons. The maximum atomic E-state index is 13.1. The van der Waals surface area contributed by atoms with E-state index < -0.39 is 11.5 Å². The average molecular weight is 435 g/mol. The van der Waals surface area contributed by atoms with Gasteiger partial charge in [-0.05, 0) is 47.9 Å². The van der Waals surface area contributed by atoms with E-state index in [1.165, 1.54) is 4.90 Å². The minimum atomic E-state index is -0.883. The Morgan fingerprint density at radius 1 is 1.17 bits per heavy atom. The van der Waals surface area contributed by atoms with Crippen LogP contribution in [0.3, 0.4) is 0 Å². The number of likely N-dealkylation sites (tertiary alicyclic amines) is 1. The average Bonchev–Trinajstić information content (AvgIpc) is 2.71. The molecule has 2 aromatic rings. The van der Waals surface area contributed by atoms with Crippen LogP contribution in [0.1, 0.15) is 26.7 Å². The number of nitrogens with zero attached hydrogens (tertiary/aromatic N) is 2. The second-order valence-corrected chi connectivity index (χ2v) is 9.73. The summed E-state index contributed by atoms with van der Waals surface area (Å²) < 4.78 is 0. The predicted molar refractivity (Wildman–Crippen MR) is 119 cm³/mol. The number of fused-ring (bicyclic) bond motifs is 1. The van der Waals surface area contributed by atoms with E-state index in [1.807, 2.05) is 44.0 Å². The Balaban J connectivity index is 1.60. The maximum absolute atomic E-state index is 13.1. The van der Waals surface area contributed by atoms with E-state index >= 15 is 0 Å². The zero-order valence-corrected chi connectivity index (χ0v) is 18.6. The minimum absolute atomic E-state index is 0.0905. The van der Waals surface area contributed by atoms with E-state index in [-0.39, 0.29) is 11.9 Å². The second kappa shape index (κ2) is 8.84. The highest BCUT2D eigenvalue weighted by molar-refractivity contribution is 7.99. The first kappa shape index (κ1) is 21.8. The number of carboxylic acid groups (broad SMARTS) is 1. The highest BCUT2D eigenvalue weighted by atomic mass is 35.5. The topological polar surface area (TPSA) is 60.9 Å². The number of benzene rings is 2. The lowest BCUT2D eigenvalue weighted by molar-refractivity contribution is -0.140. The van der Waals surface area contributed by atoms with Crippen LogP contribution in [0.25, 0.3) is 10.8 Å². The van der Waals surface area contributed by atoms with Crippen molar-refractivity contribution in [2.24, 2.45) is 5.41 Å². The van der Waals surface area contributed by atoms with Gasteiger partial charge in [-0.25, -0.2) is 4.79 Å². The van der Waals surface area contributed by atoms with Gasteiger partial charge < -0.3 is 14.9 Å². The second-order valence-electron chi connectivity index (χ2n) is 8.24. The number of hydrogen-bond acceptors (Lipinski definition) is 3. The number of carbonyl (C=O) groups excluding carboxylic acids is 1. The number of hydrogen-bond donors (Lipinski definition) is 1. The number of rotatable bonds is 5. The third-order valence-electron chi connectivity index (χ3n) is 5.56. The van der Waals surface area contributed by atoms with Crippen molar-refractivity contribution in [2.75, 3.05) is 25.9 Å². The Morgan fingerprint density at radius 3 is 2.45 bits per heavy atom. The summed E-state index contributed by atoms with van der Waals surface area (Å²) in [5.41, 5.74) is -0.516. The Kier molecular flexibility index (Phi) is 6.64. The van der Waals surface area contributed by atoms with Crippen molar-refractivity contribution in [2.45, 2.75) is 37.6 Å². The molecular weight excluding hydrogens is 408 g/mol. The van der Waals surface area contributed by atoms with Crippen molar-refractivity contribution in [1.29, 1.82) is 0 Å². The first-order valence-corrected chi connectivity index (χ1v) is 11.1. The quantitative estimate of drug-likeness (QED) is 0.656. The van der Waals surface area contributed by atoms with E-state index in [0.29, 0.717) is 31.7 Å². The van der Waals surface area contributed by atoms with Gasteiger partial charge in [-0.1, -0.05) is 37.6 Å². The molecule has 0 aromatic heterocycles. The maximum Gasteiger partial charge on any atom is 0.407 e. The molecule has 1 saturated heterocycles. The van der Waals surface area contributed by atoms with Crippen molar-refractivity contribution >= 4 is 46.1 Å². The van der Waals surface area contributed by atoms with Gasteiger partial charge in [0.1, 0.15) is 0 Å². The summed E-state index contributed by atoms with van der Waals surface area (Å²) in [6.07, 6.45) is 0.488. The molecule has 1 fully saturated rings. The third-order valence-corrected chi connectivity index (χ3v) is 7.24. The molecule has 1 heterocycles. The highest BCUT2D eigenvalue weighted by Gasteiger charge is 2.35. The van der Waals surface area contributed by atoms with Crippen LogP contribution >= 0.6 is 23.4 Å². The fourth-order valence-electron chi connectivity index (χ4n) is 3.70. The number of piperidine rings is 1. The summed E-state index contributed by atoms with van der Waals surface area (Å²) in [5, 5.41) is 12.1. The molecule has 0 unspecified atom stereocenters. The molecule has 0 saturated carbocycles. The van der Waals surface area contributed by atoms with Gasteiger partial charge in [0, 0.05) is 41.8 Å². The molecule has 2 amide bonds.